The van der Waals surface area contributed by atoms with Crippen molar-refractivity contribution >= 4 is 63.1 Å². The van der Waals surface area contributed by atoms with Gasteiger partial charge in [0.05, 0.1) is 0 Å². The van der Waals surface area contributed by atoms with E-state index in [2.05, 4.69) is 219 Å². The molecule has 10 rings (SSSR count). The van der Waals surface area contributed by atoms with Crippen molar-refractivity contribution in [2.24, 2.45) is 29.6 Å². The highest BCUT2D eigenvalue weighted by Crippen LogP contribution is 2.41. The average Bonchev–Trinajstić information content (AvgIpc) is 3.47. The van der Waals surface area contributed by atoms with Gasteiger partial charge in [0.1, 0.15) is 0 Å². The highest BCUT2D eigenvalue weighted by Gasteiger charge is 2.25. The molecule has 0 unspecified atom stereocenters. The van der Waals surface area contributed by atoms with Gasteiger partial charge in [-0.25, -0.2) is 0 Å². The van der Waals surface area contributed by atoms with Gasteiger partial charge in [-0.1, -0.05) is 127 Å². The molecular formula is C70H105F5S5. The molecule has 5 aliphatic rings. The highest BCUT2D eigenvalue weighted by molar-refractivity contribution is 7.81. The molecule has 80 heavy (non-hydrogen) atoms. The molecule has 0 N–H and O–H groups in total. The van der Waals surface area contributed by atoms with Crippen LogP contribution in [-0.2, 0) is 0 Å². The Morgan fingerprint density at radius 2 is 0.325 bits per heavy atom. The fourth-order valence-corrected chi connectivity index (χ4v) is 14.0. The molecule has 0 aliphatic heterocycles. The highest BCUT2D eigenvalue weighted by atomic mass is 32.1. The molecule has 450 valence electrons. The van der Waals surface area contributed by atoms with E-state index in [-0.39, 0.29) is 23.5 Å². The minimum absolute atomic E-state index is 0. The van der Waals surface area contributed by atoms with E-state index in [4.69, 9.17) is 0 Å². The summed E-state index contributed by atoms with van der Waals surface area (Å²) in [4.78, 5) is 5.35. The van der Waals surface area contributed by atoms with Crippen molar-refractivity contribution < 1.29 is 23.5 Å². The van der Waals surface area contributed by atoms with E-state index in [0.29, 0.717) is 0 Å². The van der Waals surface area contributed by atoms with E-state index in [9.17, 15) is 0 Å². The summed E-state index contributed by atoms with van der Waals surface area (Å²) in [5.74, 6) is 8.99. The molecule has 0 bridgehead atoms. The van der Waals surface area contributed by atoms with Crippen LogP contribution in [0.15, 0.2) is 146 Å². The van der Waals surface area contributed by atoms with E-state index in [0.717, 1.165) is 83.7 Å². The molecule has 0 nitrogen and oxygen atoms in total. The van der Waals surface area contributed by atoms with Gasteiger partial charge in [0.15, 0.2) is 0 Å². The number of thiol groups is 5. The third-order valence-electron chi connectivity index (χ3n) is 18.9. The quantitative estimate of drug-likeness (QED) is 0.0668. The van der Waals surface area contributed by atoms with Crippen molar-refractivity contribution in [3.8, 4) is 0 Å². The summed E-state index contributed by atoms with van der Waals surface area (Å²) in [7, 11) is 0. The maximum atomic E-state index is 4.32. The first-order valence-corrected chi connectivity index (χ1v) is 32.6. The van der Waals surface area contributed by atoms with Crippen molar-refractivity contribution in [1.82, 2.24) is 0 Å². The monoisotopic (exact) mass is 1200 g/mol. The Labute approximate surface area is 511 Å². The summed E-state index contributed by atoms with van der Waals surface area (Å²) in [5.41, 5.74) is 7.58. The molecule has 5 aliphatic carbocycles. The van der Waals surface area contributed by atoms with E-state index >= 15 is 0 Å². The lowest BCUT2D eigenvalue weighted by Gasteiger charge is -2.28. The second-order valence-electron chi connectivity index (χ2n) is 23.6. The molecule has 5 aromatic rings. The Hall–Kier alpha value is -2.50. The average molecular weight is 1200 g/mol. The SMILES string of the molecule is CCC1CCC(c2ccc(S)cc2)CC1.CCC1CCC(c2ccc(S)cc2)CC1.CCC1CCC(c2ccc(S)cc2)CC1.CCC1CCC(c2ccc(S)cc2)CC1.CCC1CCC(c2ccc(S)cc2)CC1.F.F.F.F.F. The molecule has 0 aromatic heterocycles. The molecular weight excluding hydrogens is 1100 g/mol. The summed E-state index contributed by atoms with van der Waals surface area (Å²) in [6.07, 6.45) is 34.8. The maximum absolute atomic E-state index is 4.32. The van der Waals surface area contributed by atoms with E-state index in [1.807, 2.05) is 0 Å². The fraction of sp³-hybridized carbons (Fsp3) is 0.571. The van der Waals surface area contributed by atoms with Gasteiger partial charge >= 0.3 is 0 Å². The second kappa shape index (κ2) is 41.5. The molecule has 5 aromatic carbocycles. The zero-order chi connectivity index (χ0) is 53.4. The molecule has 0 spiro atoms. The Bertz CT molecular complexity index is 1880. The van der Waals surface area contributed by atoms with Crippen molar-refractivity contribution in [2.75, 3.05) is 0 Å². The summed E-state index contributed by atoms with van der Waals surface area (Å²) < 4.78 is 0. The smallest absolute Gasteiger partial charge is 0.00401 e. The molecule has 0 radical (unpaired) electrons. The standard InChI is InChI=1S/5C14H20S.5FH/c5*1-2-11-3-5-12(6-4-11)13-7-9-14(15)10-8-13;;;;;/h5*7-12,15H,2-6H2,1H3;5*1H. The van der Waals surface area contributed by atoms with Crippen LogP contribution in [0.4, 0.5) is 23.5 Å². The minimum atomic E-state index is 0. The van der Waals surface area contributed by atoms with Gasteiger partial charge in [-0.3, -0.25) is 23.5 Å². The summed E-state index contributed by atoms with van der Waals surface area (Å²) in [5, 5.41) is 0. The summed E-state index contributed by atoms with van der Waals surface area (Å²) in [6.45, 7) is 11.6. The van der Waals surface area contributed by atoms with E-state index < -0.39 is 0 Å². The minimum Gasteiger partial charge on any atom is -0.269 e. The van der Waals surface area contributed by atoms with Gasteiger partial charge in [0, 0.05) is 24.5 Å². The van der Waals surface area contributed by atoms with Gasteiger partial charge in [0.2, 0.25) is 0 Å². The Balaban J connectivity index is 0.000000492. The lowest BCUT2D eigenvalue weighted by Crippen LogP contribution is -2.12. The zero-order valence-corrected chi connectivity index (χ0v) is 53.7. The largest absolute Gasteiger partial charge is 0.269 e. The van der Waals surface area contributed by atoms with Gasteiger partial charge in [0.25, 0.3) is 0 Å². The normalized spacial score (nSPS) is 24.9. The molecule has 0 atom stereocenters. The predicted octanol–water partition coefficient (Wildman–Crippen LogP) is 24.1. The van der Waals surface area contributed by atoms with Crippen LogP contribution in [0.25, 0.3) is 0 Å². The zero-order valence-electron chi connectivity index (χ0n) is 49.3. The van der Waals surface area contributed by atoms with Gasteiger partial charge in [-0.05, 0) is 276 Å². The van der Waals surface area contributed by atoms with Crippen LogP contribution in [-0.4, -0.2) is 0 Å². The number of halogens is 5. The van der Waals surface area contributed by atoms with Crippen molar-refractivity contribution in [2.45, 2.75) is 249 Å². The Morgan fingerprint density at radius 1 is 0.212 bits per heavy atom. The number of hydrogen-bond acceptors (Lipinski definition) is 5. The van der Waals surface area contributed by atoms with Crippen LogP contribution in [0.1, 0.15) is 253 Å². The maximum Gasteiger partial charge on any atom is 0.00401 e. The van der Waals surface area contributed by atoms with Crippen molar-refractivity contribution in [3.63, 3.8) is 0 Å². The lowest BCUT2D eigenvalue weighted by atomic mass is 9.78. The van der Waals surface area contributed by atoms with Crippen LogP contribution in [0.5, 0.6) is 0 Å². The van der Waals surface area contributed by atoms with Gasteiger partial charge in [-0.15, -0.1) is 63.1 Å². The fourth-order valence-electron chi connectivity index (χ4n) is 13.3. The van der Waals surface area contributed by atoms with Crippen LogP contribution in [0.2, 0.25) is 0 Å². The molecule has 10 heteroatoms. The topological polar surface area (TPSA) is 0 Å². The summed E-state index contributed by atoms with van der Waals surface area (Å²) in [6, 6.07) is 43.6. The molecule has 0 amide bonds. The molecule has 0 saturated heterocycles. The first kappa shape index (κ1) is 75.5. The predicted molar refractivity (Wildman–Crippen MR) is 356 cm³/mol. The third kappa shape index (κ3) is 25.8. The second-order valence-corrected chi connectivity index (χ2v) is 26.2. The summed E-state index contributed by atoms with van der Waals surface area (Å²) >= 11 is 21.6. The van der Waals surface area contributed by atoms with Crippen LogP contribution in [0, 0.1) is 29.6 Å². The Morgan fingerprint density at radius 3 is 0.425 bits per heavy atom. The number of hydrogen-bond donors (Lipinski definition) is 5. The van der Waals surface area contributed by atoms with Crippen LogP contribution in [0.3, 0.4) is 0 Å². The van der Waals surface area contributed by atoms with Crippen molar-refractivity contribution in [3.05, 3.63) is 149 Å². The third-order valence-corrected chi connectivity index (χ3v) is 20.4. The van der Waals surface area contributed by atoms with Gasteiger partial charge in [-0.2, -0.15) is 0 Å². The number of benzene rings is 5. The van der Waals surface area contributed by atoms with E-state index in [1.165, 1.54) is 188 Å². The van der Waals surface area contributed by atoms with Gasteiger partial charge < -0.3 is 0 Å². The van der Waals surface area contributed by atoms with Crippen LogP contribution >= 0.6 is 63.1 Å². The first-order valence-electron chi connectivity index (χ1n) is 30.4. The Kier molecular flexibility index (Phi) is 39.2. The molecule has 5 fully saturated rings. The van der Waals surface area contributed by atoms with E-state index in [1.54, 1.807) is 0 Å². The lowest BCUT2D eigenvalue weighted by molar-refractivity contribution is 0.318. The first-order chi connectivity index (χ1) is 36.5. The van der Waals surface area contributed by atoms with Crippen molar-refractivity contribution in [1.29, 1.82) is 0 Å². The number of rotatable bonds is 10. The van der Waals surface area contributed by atoms with Crippen LogP contribution < -0.4 is 0 Å². The molecule has 5 saturated carbocycles. The molecule has 0 heterocycles.